The van der Waals surface area contributed by atoms with Crippen molar-refractivity contribution < 1.29 is 13.7 Å². The average molecular weight is 504 g/mol. The van der Waals surface area contributed by atoms with Crippen LogP contribution >= 0.6 is 11.8 Å². The Balaban J connectivity index is 1.27. The highest BCUT2D eigenvalue weighted by Gasteiger charge is 2.25. The van der Waals surface area contributed by atoms with Crippen LogP contribution in [0.25, 0.3) is 11.5 Å². The van der Waals surface area contributed by atoms with Crippen LogP contribution < -0.4 is 4.74 Å². The number of thioether (sulfide) groups is 1. The first kappa shape index (κ1) is 25.9. The van der Waals surface area contributed by atoms with Gasteiger partial charge in [0, 0.05) is 23.4 Å². The summed E-state index contributed by atoms with van der Waals surface area (Å²) in [6, 6.07) is 29.0. The summed E-state index contributed by atoms with van der Waals surface area (Å²) in [5.41, 5.74) is 3.54. The lowest BCUT2D eigenvalue weighted by atomic mass is 10.1. The molecule has 0 radical (unpaired) electrons. The number of nitrogens with zero attached hydrogens (tertiary/aromatic N) is 4. The molecule has 0 aliphatic rings. The normalized spacial score (nSPS) is 11.7. The van der Waals surface area contributed by atoms with Gasteiger partial charge in [0.25, 0.3) is 0 Å². The molecule has 0 N–H and O–H groups in total. The Hall–Kier alpha value is -3.13. The van der Waals surface area contributed by atoms with Crippen molar-refractivity contribution in [1.82, 2.24) is 15.2 Å². The first-order chi connectivity index (χ1) is 17.5. The van der Waals surface area contributed by atoms with Crippen LogP contribution in [0.4, 0.5) is 0 Å². The lowest BCUT2D eigenvalue weighted by molar-refractivity contribution is -1.02. The number of quaternary nitrogens is 1. The molecule has 0 atom stereocenters. The SMILES string of the molecule is CCN(Cc1ccccc1)[N+](C)(C)Cc1ccc(-c2nnc(CSCCOc3ccccc3)o2)cc1. The van der Waals surface area contributed by atoms with Gasteiger partial charge in [-0.1, -0.05) is 60.7 Å². The van der Waals surface area contributed by atoms with Crippen LogP contribution in [-0.4, -0.2) is 52.8 Å². The smallest absolute Gasteiger partial charge is 0.247 e. The highest BCUT2D eigenvalue weighted by Crippen LogP contribution is 2.23. The molecule has 1 heterocycles. The maximum Gasteiger partial charge on any atom is 0.247 e. The molecule has 4 rings (SSSR count). The molecular weight excluding hydrogens is 468 g/mol. The molecule has 3 aromatic carbocycles. The lowest BCUT2D eigenvalue weighted by Crippen LogP contribution is -2.53. The summed E-state index contributed by atoms with van der Waals surface area (Å²) in [6.45, 7) is 5.66. The summed E-state index contributed by atoms with van der Waals surface area (Å²) < 4.78 is 12.4. The number of benzene rings is 3. The van der Waals surface area contributed by atoms with E-state index in [1.807, 2.05) is 30.3 Å². The first-order valence-corrected chi connectivity index (χ1v) is 13.5. The zero-order valence-corrected chi connectivity index (χ0v) is 22.2. The second kappa shape index (κ2) is 12.7. The standard InChI is InChI=1S/C29H35N4O2S/c1-4-32(21-24-11-7-5-8-12-24)33(2,3)22-25-15-17-26(18-16-25)29-31-30-28(35-29)23-36-20-19-34-27-13-9-6-10-14-27/h5-18H,4,19-23H2,1-3H3/q+1. The number of hydrogen-bond acceptors (Lipinski definition) is 6. The molecule has 0 saturated heterocycles. The van der Waals surface area contributed by atoms with Crippen molar-refractivity contribution in [1.29, 1.82) is 0 Å². The van der Waals surface area contributed by atoms with Gasteiger partial charge in [-0.05, 0) is 36.8 Å². The molecular formula is C29H35N4O2S+. The van der Waals surface area contributed by atoms with Crippen LogP contribution in [0, 0.1) is 0 Å². The van der Waals surface area contributed by atoms with E-state index in [1.54, 1.807) is 11.8 Å². The van der Waals surface area contributed by atoms with Gasteiger partial charge in [0.2, 0.25) is 11.8 Å². The number of para-hydroxylation sites is 1. The van der Waals surface area contributed by atoms with Crippen LogP contribution in [0.3, 0.4) is 0 Å². The molecule has 0 saturated carbocycles. The average Bonchev–Trinajstić information content (AvgIpc) is 3.37. The molecule has 0 amide bonds. The second-order valence-electron chi connectivity index (χ2n) is 9.16. The van der Waals surface area contributed by atoms with E-state index in [1.165, 1.54) is 11.1 Å². The fourth-order valence-electron chi connectivity index (χ4n) is 4.10. The predicted molar refractivity (Wildman–Crippen MR) is 146 cm³/mol. The molecule has 0 fully saturated rings. The number of aromatic nitrogens is 2. The van der Waals surface area contributed by atoms with Crippen LogP contribution in [0.1, 0.15) is 23.9 Å². The van der Waals surface area contributed by atoms with Gasteiger partial charge in [0.1, 0.15) is 12.3 Å². The molecule has 6 nitrogen and oxygen atoms in total. The monoisotopic (exact) mass is 503 g/mol. The lowest BCUT2D eigenvalue weighted by Gasteiger charge is -2.39. The maximum absolute atomic E-state index is 5.90. The van der Waals surface area contributed by atoms with Crippen molar-refractivity contribution in [2.24, 2.45) is 0 Å². The van der Waals surface area contributed by atoms with Crippen molar-refractivity contribution >= 4 is 11.8 Å². The molecule has 36 heavy (non-hydrogen) atoms. The van der Waals surface area contributed by atoms with Gasteiger partial charge in [-0.2, -0.15) is 5.01 Å². The molecule has 0 spiro atoms. The Morgan fingerprint density at radius 2 is 1.56 bits per heavy atom. The molecule has 4 aromatic rings. The number of ether oxygens (including phenoxy) is 1. The molecule has 188 valence electrons. The van der Waals surface area contributed by atoms with E-state index in [2.05, 4.69) is 90.8 Å². The van der Waals surface area contributed by atoms with E-state index in [0.717, 1.165) is 41.3 Å². The Morgan fingerprint density at radius 1 is 0.861 bits per heavy atom. The number of hydrogen-bond donors (Lipinski definition) is 0. The van der Waals surface area contributed by atoms with Crippen LogP contribution in [-0.2, 0) is 18.8 Å². The molecule has 0 aliphatic heterocycles. The van der Waals surface area contributed by atoms with Gasteiger partial charge in [-0.15, -0.1) is 22.0 Å². The third-order valence-corrected chi connectivity index (χ3v) is 6.95. The number of rotatable bonds is 13. The Morgan fingerprint density at radius 3 is 2.25 bits per heavy atom. The van der Waals surface area contributed by atoms with E-state index in [9.17, 15) is 0 Å². The highest BCUT2D eigenvalue weighted by molar-refractivity contribution is 7.98. The highest BCUT2D eigenvalue weighted by atomic mass is 32.2. The Kier molecular flexibility index (Phi) is 9.17. The zero-order chi connectivity index (χ0) is 25.2. The summed E-state index contributed by atoms with van der Waals surface area (Å²) in [5, 5.41) is 10.9. The zero-order valence-electron chi connectivity index (χ0n) is 21.3. The fourth-order valence-corrected chi connectivity index (χ4v) is 4.74. The fraction of sp³-hybridized carbons (Fsp3) is 0.310. The van der Waals surface area contributed by atoms with Crippen LogP contribution in [0.2, 0.25) is 0 Å². The van der Waals surface area contributed by atoms with Gasteiger partial charge in [-0.3, -0.25) is 0 Å². The van der Waals surface area contributed by atoms with Crippen molar-refractivity contribution in [3.63, 3.8) is 0 Å². The summed E-state index contributed by atoms with van der Waals surface area (Å²) in [6.07, 6.45) is 0. The molecule has 0 unspecified atom stereocenters. The Bertz CT molecular complexity index is 1180. The minimum Gasteiger partial charge on any atom is -0.493 e. The Labute approximate surface area is 218 Å². The van der Waals surface area contributed by atoms with E-state index >= 15 is 0 Å². The van der Waals surface area contributed by atoms with Crippen molar-refractivity contribution in [2.45, 2.75) is 25.8 Å². The second-order valence-corrected chi connectivity index (χ2v) is 10.3. The summed E-state index contributed by atoms with van der Waals surface area (Å²) in [5.74, 6) is 3.61. The van der Waals surface area contributed by atoms with Gasteiger partial charge < -0.3 is 9.15 Å². The predicted octanol–water partition coefficient (Wildman–Crippen LogP) is 6.06. The van der Waals surface area contributed by atoms with E-state index in [-0.39, 0.29) is 0 Å². The van der Waals surface area contributed by atoms with E-state index in [4.69, 9.17) is 9.15 Å². The minimum atomic E-state index is 0.561. The first-order valence-electron chi connectivity index (χ1n) is 12.3. The van der Waals surface area contributed by atoms with Crippen molar-refractivity contribution in [3.8, 4) is 17.2 Å². The molecule has 7 heteroatoms. The van der Waals surface area contributed by atoms with Gasteiger partial charge in [0.05, 0.1) is 33.0 Å². The quantitative estimate of drug-likeness (QED) is 0.126. The summed E-state index contributed by atoms with van der Waals surface area (Å²) in [7, 11) is 4.51. The van der Waals surface area contributed by atoms with Crippen LogP contribution in [0.15, 0.2) is 89.3 Å². The van der Waals surface area contributed by atoms with E-state index in [0.29, 0.717) is 24.1 Å². The third-order valence-electron chi connectivity index (χ3n) is 6.04. The van der Waals surface area contributed by atoms with Gasteiger partial charge in [0.15, 0.2) is 0 Å². The van der Waals surface area contributed by atoms with Crippen molar-refractivity contribution in [2.75, 3.05) is 33.0 Å². The third kappa shape index (κ3) is 7.43. The van der Waals surface area contributed by atoms with Gasteiger partial charge >= 0.3 is 0 Å². The maximum atomic E-state index is 5.90. The molecule has 1 aromatic heterocycles. The molecule has 0 bridgehead atoms. The van der Waals surface area contributed by atoms with E-state index < -0.39 is 0 Å². The van der Waals surface area contributed by atoms with Crippen molar-refractivity contribution in [3.05, 3.63) is 102 Å². The largest absolute Gasteiger partial charge is 0.493 e. The topological polar surface area (TPSA) is 51.4 Å². The summed E-state index contributed by atoms with van der Waals surface area (Å²) in [4.78, 5) is 0. The van der Waals surface area contributed by atoms with Gasteiger partial charge in [-0.25, -0.2) is 4.59 Å². The summed E-state index contributed by atoms with van der Waals surface area (Å²) >= 11 is 1.72. The van der Waals surface area contributed by atoms with Crippen LogP contribution in [0.5, 0.6) is 5.75 Å². The molecule has 0 aliphatic carbocycles. The minimum absolute atomic E-state index is 0.561.